The second-order valence-electron chi connectivity index (χ2n) is 7.23. The molecule has 0 saturated heterocycles. The van der Waals surface area contributed by atoms with Crippen LogP contribution in [0.2, 0.25) is 0 Å². The smallest absolute Gasteiger partial charge is 0.313 e. The molecule has 0 aromatic rings. The first-order valence-electron chi connectivity index (χ1n) is 8.31. The van der Waals surface area contributed by atoms with Gasteiger partial charge >= 0.3 is 16.1 Å². The molecule has 0 heterocycles. The summed E-state index contributed by atoms with van der Waals surface area (Å²) in [5.74, 6) is 0.296. The van der Waals surface area contributed by atoms with E-state index in [2.05, 4.69) is 0 Å². The Hall–Kier alpha value is -0.950. The molecular weight excluding hydrogens is 320 g/mol. The molecule has 2 aliphatic carbocycles. The van der Waals surface area contributed by atoms with Crippen molar-refractivity contribution in [2.24, 2.45) is 17.8 Å². The van der Waals surface area contributed by atoms with Crippen LogP contribution in [0.4, 0.5) is 0 Å². The van der Waals surface area contributed by atoms with E-state index >= 15 is 0 Å². The zero-order valence-corrected chi connectivity index (χ0v) is 14.6. The van der Waals surface area contributed by atoms with E-state index in [9.17, 15) is 18.0 Å². The summed E-state index contributed by atoms with van der Waals surface area (Å²) in [6.07, 6.45) is 8.08. The number of carbonyl (C=O) groups is 2. The third-order valence-electron chi connectivity index (χ3n) is 5.42. The van der Waals surface area contributed by atoms with Gasteiger partial charge in [-0.05, 0) is 50.4 Å². The van der Waals surface area contributed by atoms with Crippen molar-refractivity contribution >= 4 is 21.9 Å². The average molecular weight is 346 g/mol. The highest BCUT2D eigenvalue weighted by atomic mass is 32.2. The molecule has 3 unspecified atom stereocenters. The lowest BCUT2D eigenvalue weighted by molar-refractivity contribution is -0.157. The number of ether oxygens (including phenoxy) is 1. The molecule has 0 radical (unpaired) electrons. The van der Waals surface area contributed by atoms with Crippen molar-refractivity contribution < 1.29 is 27.3 Å². The molecule has 2 fully saturated rings. The highest BCUT2D eigenvalue weighted by Crippen LogP contribution is 2.43. The lowest BCUT2D eigenvalue weighted by Crippen LogP contribution is -2.46. The fraction of sp³-hybridized carbons (Fsp3) is 0.875. The molecule has 0 spiro atoms. The Kier molecular flexibility index (Phi) is 5.51. The highest BCUT2D eigenvalue weighted by molar-refractivity contribution is 7.87. The topological polar surface area (TPSA) is 97.7 Å². The van der Waals surface area contributed by atoms with Gasteiger partial charge in [-0.25, -0.2) is 0 Å². The third kappa shape index (κ3) is 4.32. The fourth-order valence-electron chi connectivity index (χ4n) is 4.00. The third-order valence-corrected chi connectivity index (χ3v) is 6.78. The Morgan fingerprint density at radius 2 is 1.74 bits per heavy atom. The van der Waals surface area contributed by atoms with Crippen molar-refractivity contribution in [3.05, 3.63) is 0 Å². The lowest BCUT2D eigenvalue weighted by atomic mass is 9.67. The van der Waals surface area contributed by atoms with Gasteiger partial charge in [-0.1, -0.05) is 19.3 Å². The maximum atomic E-state index is 11.9. The van der Waals surface area contributed by atoms with Crippen LogP contribution >= 0.6 is 0 Å². The number of carbonyl (C=O) groups excluding carboxylic acids is 2. The molecule has 2 bridgehead atoms. The maximum absolute atomic E-state index is 11.9. The van der Waals surface area contributed by atoms with Gasteiger partial charge < -0.3 is 4.74 Å². The minimum atomic E-state index is -4.81. The lowest BCUT2D eigenvalue weighted by Gasteiger charge is -2.39. The SMILES string of the molecule is CC(=O)C(C)(OC(=O)CCC1CC2CCCC(C2)C1)S(=O)(=O)O. The Bertz CT molecular complexity index is 557. The molecule has 132 valence electrons. The Balaban J connectivity index is 1.88. The van der Waals surface area contributed by atoms with Gasteiger partial charge in [0.05, 0.1) is 0 Å². The van der Waals surface area contributed by atoms with E-state index in [1.807, 2.05) is 0 Å². The van der Waals surface area contributed by atoms with Gasteiger partial charge in [-0.2, -0.15) is 8.42 Å². The summed E-state index contributed by atoms with van der Waals surface area (Å²) >= 11 is 0. The van der Waals surface area contributed by atoms with E-state index in [4.69, 9.17) is 9.29 Å². The predicted molar refractivity (Wildman–Crippen MR) is 84.1 cm³/mol. The summed E-state index contributed by atoms with van der Waals surface area (Å²) < 4.78 is 36.6. The zero-order chi connectivity index (χ0) is 17.3. The van der Waals surface area contributed by atoms with Crippen LogP contribution in [0.3, 0.4) is 0 Å². The van der Waals surface area contributed by atoms with E-state index in [0.717, 1.165) is 38.5 Å². The molecule has 23 heavy (non-hydrogen) atoms. The van der Waals surface area contributed by atoms with Crippen LogP contribution in [-0.2, 0) is 24.4 Å². The van der Waals surface area contributed by atoms with E-state index in [0.29, 0.717) is 12.3 Å². The first kappa shape index (κ1) is 18.4. The van der Waals surface area contributed by atoms with Gasteiger partial charge in [-0.15, -0.1) is 0 Å². The van der Waals surface area contributed by atoms with Crippen LogP contribution in [0.1, 0.15) is 65.2 Å². The van der Waals surface area contributed by atoms with Gasteiger partial charge in [0.25, 0.3) is 4.93 Å². The number of Topliss-reactive ketones (excluding diaryl/α,β-unsaturated/α-hetero) is 1. The largest absolute Gasteiger partial charge is 0.432 e. The minimum Gasteiger partial charge on any atom is -0.432 e. The van der Waals surface area contributed by atoms with Crippen molar-refractivity contribution in [3.63, 3.8) is 0 Å². The van der Waals surface area contributed by atoms with Crippen molar-refractivity contribution in [2.45, 2.75) is 70.1 Å². The van der Waals surface area contributed by atoms with Crippen molar-refractivity contribution in [1.82, 2.24) is 0 Å². The van der Waals surface area contributed by atoms with E-state index in [1.54, 1.807) is 0 Å². The summed E-state index contributed by atoms with van der Waals surface area (Å²) in [6.45, 7) is 1.89. The van der Waals surface area contributed by atoms with Crippen LogP contribution in [0, 0.1) is 17.8 Å². The predicted octanol–water partition coefficient (Wildman–Crippen LogP) is 2.72. The molecule has 2 saturated carbocycles. The number of rotatable bonds is 6. The van der Waals surface area contributed by atoms with E-state index < -0.39 is 26.8 Å². The number of esters is 1. The molecular formula is C16H26O6S. The number of ketones is 1. The molecule has 1 N–H and O–H groups in total. The van der Waals surface area contributed by atoms with E-state index in [-0.39, 0.29) is 6.42 Å². The Morgan fingerprint density at radius 1 is 1.17 bits per heavy atom. The molecule has 0 aromatic heterocycles. The molecule has 6 nitrogen and oxygen atoms in total. The van der Waals surface area contributed by atoms with Crippen LogP contribution < -0.4 is 0 Å². The molecule has 0 amide bonds. The van der Waals surface area contributed by atoms with E-state index in [1.165, 1.54) is 25.7 Å². The fourth-order valence-corrected chi connectivity index (χ4v) is 4.56. The van der Waals surface area contributed by atoms with Crippen LogP contribution in [-0.4, -0.2) is 29.7 Å². The summed E-state index contributed by atoms with van der Waals surface area (Å²) in [4.78, 5) is 20.9. The van der Waals surface area contributed by atoms with Crippen LogP contribution in [0.25, 0.3) is 0 Å². The molecule has 0 aromatic carbocycles. The van der Waals surface area contributed by atoms with Gasteiger partial charge in [0, 0.05) is 13.3 Å². The van der Waals surface area contributed by atoms with Gasteiger partial charge in [-0.3, -0.25) is 14.1 Å². The number of hydrogen-bond acceptors (Lipinski definition) is 5. The van der Waals surface area contributed by atoms with Gasteiger partial charge in [0.15, 0.2) is 5.78 Å². The van der Waals surface area contributed by atoms with Gasteiger partial charge in [0.2, 0.25) is 0 Å². The van der Waals surface area contributed by atoms with Crippen LogP contribution in [0.15, 0.2) is 0 Å². The summed E-state index contributed by atoms with van der Waals surface area (Å²) in [5, 5.41) is 0. The number of fused-ring (bicyclic) bond motifs is 2. The molecule has 2 rings (SSSR count). The van der Waals surface area contributed by atoms with Gasteiger partial charge in [0.1, 0.15) is 0 Å². The summed E-state index contributed by atoms with van der Waals surface area (Å²) in [6, 6.07) is 0. The molecule has 2 aliphatic rings. The number of hydrogen-bond donors (Lipinski definition) is 1. The molecule has 7 heteroatoms. The summed E-state index contributed by atoms with van der Waals surface area (Å²) in [5.41, 5.74) is 0. The Morgan fingerprint density at radius 3 is 2.22 bits per heavy atom. The normalized spacial score (nSPS) is 30.3. The summed E-state index contributed by atoms with van der Waals surface area (Å²) in [7, 11) is -4.81. The second kappa shape index (κ2) is 6.89. The maximum Gasteiger partial charge on any atom is 0.313 e. The average Bonchev–Trinajstić information content (AvgIpc) is 2.43. The second-order valence-corrected chi connectivity index (χ2v) is 8.95. The van der Waals surface area contributed by atoms with Crippen molar-refractivity contribution in [3.8, 4) is 0 Å². The zero-order valence-electron chi connectivity index (χ0n) is 13.8. The highest BCUT2D eigenvalue weighted by Gasteiger charge is 2.47. The van der Waals surface area contributed by atoms with Crippen LogP contribution in [0.5, 0.6) is 0 Å². The first-order chi connectivity index (χ1) is 10.6. The first-order valence-corrected chi connectivity index (χ1v) is 9.75. The van der Waals surface area contributed by atoms with Crippen molar-refractivity contribution in [1.29, 1.82) is 0 Å². The standard InChI is InChI=1S/C16H26O6S/c1-11(17)16(2,23(19,20)21)22-15(18)7-6-14-9-12-4-3-5-13(8-12)10-14/h12-14H,3-10H2,1-2H3,(H,19,20,21). The Labute approximate surface area is 137 Å². The quantitative estimate of drug-likeness (QED) is 0.586. The molecule has 3 atom stereocenters. The van der Waals surface area contributed by atoms with Crippen molar-refractivity contribution in [2.75, 3.05) is 0 Å². The monoisotopic (exact) mass is 346 g/mol. The molecule has 0 aliphatic heterocycles. The minimum absolute atomic E-state index is 0.0719.